The highest BCUT2D eigenvalue weighted by Crippen LogP contribution is 1.97. The summed E-state index contributed by atoms with van der Waals surface area (Å²) in [5, 5.41) is 19.7. The summed E-state index contributed by atoms with van der Waals surface area (Å²) in [5.41, 5.74) is 0.434. The van der Waals surface area contributed by atoms with Gasteiger partial charge in [-0.25, -0.2) is 15.4 Å². The number of aromatic nitrogens is 3. The third-order valence-electron chi connectivity index (χ3n) is 6.25. The summed E-state index contributed by atoms with van der Waals surface area (Å²) in [6.45, 7) is 7.98. The molecule has 0 aliphatic rings. The predicted octanol–water partition coefficient (Wildman–Crippen LogP) is -3.61. The van der Waals surface area contributed by atoms with Crippen LogP contribution in [0.2, 0.25) is 0 Å². The monoisotopic (exact) mass is 779 g/mol. The largest absolute Gasteiger partial charge is 0.443 e. The number of nitrogens with zero attached hydrogens (tertiary/aromatic N) is 3. The van der Waals surface area contributed by atoms with Crippen LogP contribution in [0.3, 0.4) is 0 Å². The Kier molecular flexibility index (Phi) is 30.8. The average molecular weight is 780 g/mol. The molecule has 0 atom stereocenters. The molecule has 23 heteroatoms. The van der Waals surface area contributed by atoms with Gasteiger partial charge in [-0.05, 0) is 6.42 Å². The van der Waals surface area contributed by atoms with Gasteiger partial charge in [-0.1, -0.05) is 12.1 Å². The number of rotatable bonds is 36. The molecule has 1 heterocycles. The van der Waals surface area contributed by atoms with Crippen molar-refractivity contribution in [2.45, 2.75) is 26.5 Å². The average Bonchev–Trinajstić information content (AvgIpc) is 3.63. The summed E-state index contributed by atoms with van der Waals surface area (Å²) < 4.78 is 44.7. The molecule has 23 nitrogen and oxygen atoms in total. The van der Waals surface area contributed by atoms with E-state index < -0.39 is 42.9 Å². The first-order chi connectivity index (χ1) is 26.3. The van der Waals surface area contributed by atoms with Crippen molar-refractivity contribution in [1.82, 2.24) is 41.6 Å². The van der Waals surface area contributed by atoms with E-state index in [9.17, 15) is 24.0 Å². The second kappa shape index (κ2) is 34.7. The van der Waals surface area contributed by atoms with Crippen LogP contribution in [0.4, 0.5) is 4.79 Å². The lowest BCUT2D eigenvalue weighted by Crippen LogP contribution is -2.45. The molecular weight excluding hydrogens is 722 g/mol. The summed E-state index contributed by atoms with van der Waals surface area (Å²) >= 11 is 0. The molecule has 0 saturated carbocycles. The number of nitrogens with one attached hydrogen (secondary N) is 5. The van der Waals surface area contributed by atoms with Crippen molar-refractivity contribution >= 4 is 29.7 Å². The Labute approximate surface area is 314 Å². The van der Waals surface area contributed by atoms with Crippen LogP contribution in [0.25, 0.3) is 0 Å². The number of amides is 5. The van der Waals surface area contributed by atoms with Gasteiger partial charge in [0.15, 0.2) is 0 Å². The van der Waals surface area contributed by atoms with Crippen LogP contribution < -0.4 is 32.5 Å². The van der Waals surface area contributed by atoms with E-state index in [2.05, 4.69) is 48.7 Å². The molecule has 0 spiro atoms. The molecule has 1 aromatic heterocycles. The highest BCUT2D eigenvalue weighted by Gasteiger charge is 2.10. The number of nitrogens with two attached hydrogens (primary N) is 1. The maximum absolute atomic E-state index is 11.9. The van der Waals surface area contributed by atoms with E-state index in [0.29, 0.717) is 98.1 Å². The number of carbonyl (C=O) groups is 5. The zero-order valence-corrected chi connectivity index (χ0v) is 31.0. The van der Waals surface area contributed by atoms with E-state index in [0.717, 1.165) is 13.0 Å². The minimum Gasteiger partial charge on any atom is -0.443 e. The lowest BCUT2D eigenvalue weighted by molar-refractivity contribution is -0.130. The second-order valence-electron chi connectivity index (χ2n) is 10.8. The van der Waals surface area contributed by atoms with Crippen LogP contribution in [-0.4, -0.2) is 177 Å². The van der Waals surface area contributed by atoms with Gasteiger partial charge >= 0.3 is 6.09 Å². The van der Waals surface area contributed by atoms with Crippen molar-refractivity contribution in [2.24, 2.45) is 5.90 Å². The highest BCUT2D eigenvalue weighted by molar-refractivity contribution is 5.90. The summed E-state index contributed by atoms with van der Waals surface area (Å²) in [6, 6.07) is 0. The SMILES string of the molecule is CCCOCCOCCOCCOCCOCCOCCOCCn1cc(COC(=O)NCCNC(=O)CNC(=O)CNC(=O)CNC(=O)CON)nn1. The summed E-state index contributed by atoms with van der Waals surface area (Å²) in [6.07, 6.45) is 1.91. The standard InChI is InChI=1S/C31H57N9O14/c1-2-6-46-8-10-48-12-14-50-16-18-52-19-17-51-15-13-49-11-9-47-7-5-40-23-26(38-39-40)24-53-31(45)34-4-3-33-27(41)20-35-28(42)21-36-29(43)22-37-30(44)25-54-32/h23H,2-22,24-25,32H2,1H3,(H,33,41)(H,34,45)(H,35,42)(H,36,43)(H,37,44). The van der Waals surface area contributed by atoms with Gasteiger partial charge in [0.25, 0.3) is 0 Å². The van der Waals surface area contributed by atoms with Crippen LogP contribution >= 0.6 is 0 Å². The molecule has 0 aliphatic heterocycles. The second-order valence-corrected chi connectivity index (χ2v) is 10.8. The molecule has 54 heavy (non-hydrogen) atoms. The fourth-order valence-corrected chi connectivity index (χ4v) is 3.65. The smallest absolute Gasteiger partial charge is 0.407 e. The maximum atomic E-state index is 11.9. The van der Waals surface area contributed by atoms with Crippen molar-refractivity contribution in [3.05, 3.63) is 11.9 Å². The van der Waals surface area contributed by atoms with Crippen LogP contribution in [0.15, 0.2) is 6.20 Å². The number of alkyl carbamates (subject to hydrolysis) is 1. The van der Waals surface area contributed by atoms with E-state index in [1.165, 1.54) is 0 Å². The Morgan fingerprint density at radius 2 is 1.02 bits per heavy atom. The van der Waals surface area contributed by atoms with Gasteiger partial charge < -0.3 is 64.5 Å². The maximum Gasteiger partial charge on any atom is 0.407 e. The Morgan fingerprint density at radius 1 is 0.593 bits per heavy atom. The molecule has 0 unspecified atom stereocenters. The van der Waals surface area contributed by atoms with E-state index in [1.54, 1.807) is 10.9 Å². The molecule has 0 saturated heterocycles. The number of ether oxygens (including phenoxy) is 8. The molecule has 5 amide bonds. The Bertz CT molecular complexity index is 1150. The third kappa shape index (κ3) is 30.4. The first-order valence-corrected chi connectivity index (χ1v) is 17.6. The van der Waals surface area contributed by atoms with Gasteiger partial charge in [0.2, 0.25) is 23.6 Å². The molecule has 0 bridgehead atoms. The van der Waals surface area contributed by atoms with Crippen LogP contribution in [0.1, 0.15) is 19.0 Å². The number of hydrogen-bond donors (Lipinski definition) is 6. The lowest BCUT2D eigenvalue weighted by atomic mass is 10.4. The molecule has 0 radical (unpaired) electrons. The Balaban J connectivity index is 1.90. The molecule has 1 rings (SSSR count). The normalized spacial score (nSPS) is 10.9. The molecule has 1 aromatic rings. The molecular formula is C31H57N9O14. The third-order valence-corrected chi connectivity index (χ3v) is 6.25. The van der Waals surface area contributed by atoms with Crippen molar-refractivity contribution in [2.75, 3.05) is 132 Å². The van der Waals surface area contributed by atoms with Crippen molar-refractivity contribution in [3.8, 4) is 0 Å². The van der Waals surface area contributed by atoms with Crippen LogP contribution in [0.5, 0.6) is 0 Å². The van der Waals surface area contributed by atoms with Gasteiger partial charge in [-0.2, -0.15) is 0 Å². The van der Waals surface area contributed by atoms with E-state index >= 15 is 0 Å². The van der Waals surface area contributed by atoms with Crippen LogP contribution in [-0.2, 0) is 75.1 Å². The predicted molar refractivity (Wildman–Crippen MR) is 186 cm³/mol. The van der Waals surface area contributed by atoms with Crippen molar-refractivity contribution in [1.29, 1.82) is 0 Å². The first-order valence-electron chi connectivity index (χ1n) is 17.6. The number of hydrogen-bond acceptors (Lipinski definition) is 17. The Hall–Kier alpha value is -4.07. The van der Waals surface area contributed by atoms with E-state index in [1.807, 2.05) is 0 Å². The minimum atomic E-state index is -0.723. The molecule has 0 fully saturated rings. The topological polar surface area (TPSA) is 285 Å². The number of carbonyl (C=O) groups excluding carboxylic acids is 5. The molecule has 310 valence electrons. The minimum absolute atomic E-state index is 0.0650. The van der Waals surface area contributed by atoms with Gasteiger partial charge in [-0.3, -0.25) is 24.0 Å². The zero-order valence-electron chi connectivity index (χ0n) is 31.0. The van der Waals surface area contributed by atoms with E-state index in [-0.39, 0.29) is 32.8 Å². The van der Waals surface area contributed by atoms with Crippen molar-refractivity contribution in [3.63, 3.8) is 0 Å². The molecule has 0 aromatic carbocycles. The van der Waals surface area contributed by atoms with E-state index in [4.69, 9.17) is 43.8 Å². The quantitative estimate of drug-likeness (QED) is 0.0283. The van der Waals surface area contributed by atoms with Gasteiger partial charge in [-0.15, -0.1) is 5.10 Å². The Morgan fingerprint density at radius 3 is 1.50 bits per heavy atom. The fraction of sp³-hybridized carbons (Fsp3) is 0.774. The van der Waals surface area contributed by atoms with Crippen molar-refractivity contribution < 1.29 is 66.7 Å². The van der Waals surface area contributed by atoms with Gasteiger partial charge in [0.1, 0.15) is 18.9 Å². The summed E-state index contributed by atoms with van der Waals surface area (Å²) in [7, 11) is 0. The van der Waals surface area contributed by atoms with Crippen LogP contribution in [0, 0.1) is 0 Å². The van der Waals surface area contributed by atoms with Gasteiger partial charge in [0, 0.05) is 19.7 Å². The first kappa shape index (κ1) is 48.0. The summed E-state index contributed by atoms with van der Waals surface area (Å²) in [4.78, 5) is 62.4. The summed E-state index contributed by atoms with van der Waals surface area (Å²) in [5.74, 6) is 2.37. The molecule has 0 aliphatic carbocycles. The highest BCUT2D eigenvalue weighted by atomic mass is 16.6. The van der Waals surface area contributed by atoms with Gasteiger partial charge in [0.05, 0.1) is 118 Å². The molecule has 7 N–H and O–H groups in total. The lowest BCUT2D eigenvalue weighted by Gasteiger charge is -2.09. The zero-order chi connectivity index (χ0) is 39.3. The fourth-order valence-electron chi connectivity index (χ4n) is 3.65.